The molecular formula is C10H13BrNO+. The molecule has 70 valence electrons. The van der Waals surface area contributed by atoms with Gasteiger partial charge in [-0.05, 0) is 12.1 Å². The van der Waals surface area contributed by atoms with Crippen molar-refractivity contribution in [2.24, 2.45) is 0 Å². The first-order valence-corrected chi connectivity index (χ1v) is 5.07. The Kier molecular flexibility index (Phi) is 3.63. The first-order chi connectivity index (χ1) is 6.15. The summed E-state index contributed by atoms with van der Waals surface area (Å²) in [4.78, 5) is 11.6. The van der Waals surface area contributed by atoms with Crippen LogP contribution in [-0.2, 0) is 0 Å². The molecular weight excluding hydrogens is 230 g/mol. The van der Waals surface area contributed by atoms with Gasteiger partial charge in [0, 0.05) is 16.5 Å². The maximum Gasteiger partial charge on any atom is 0.219 e. The molecule has 0 saturated heterocycles. The zero-order valence-corrected chi connectivity index (χ0v) is 9.17. The van der Waals surface area contributed by atoms with Crippen molar-refractivity contribution in [1.29, 1.82) is 0 Å². The number of rotatable bonds is 3. The number of benzene rings is 1. The number of carbonyl (C=O) groups is 1. The van der Waals surface area contributed by atoms with Crippen molar-refractivity contribution >= 4 is 21.7 Å². The molecule has 0 fully saturated rings. The van der Waals surface area contributed by atoms with Gasteiger partial charge in [0.15, 0.2) is 0 Å². The van der Waals surface area contributed by atoms with E-state index in [2.05, 4.69) is 21.7 Å². The Morgan fingerprint density at radius 3 is 2.46 bits per heavy atom. The van der Waals surface area contributed by atoms with Gasteiger partial charge in [0.1, 0.15) is 6.04 Å². The van der Waals surface area contributed by atoms with Gasteiger partial charge in [-0.2, -0.15) is 0 Å². The predicted octanol–water partition coefficient (Wildman–Crippen LogP) is 1.65. The normalized spacial score (nSPS) is 12.5. The van der Waals surface area contributed by atoms with E-state index in [1.807, 2.05) is 31.2 Å². The fourth-order valence-corrected chi connectivity index (χ4v) is 1.30. The smallest absolute Gasteiger partial charge is 0.219 e. The standard InChI is InChI=1S/C10H12BrNO/c1-2-9(12)10(13)7-3-5-8(11)6-4-7/h3-6,9H,2,12H2,1H3/p+1/t9-/m0/s1. The van der Waals surface area contributed by atoms with Crippen molar-refractivity contribution in [2.75, 3.05) is 0 Å². The highest BCUT2D eigenvalue weighted by Crippen LogP contribution is 2.11. The van der Waals surface area contributed by atoms with Crippen LogP contribution in [0.3, 0.4) is 0 Å². The number of hydrogen-bond donors (Lipinski definition) is 1. The highest BCUT2D eigenvalue weighted by Gasteiger charge is 2.16. The van der Waals surface area contributed by atoms with Crippen LogP contribution in [0.4, 0.5) is 0 Å². The Labute approximate surface area is 86.3 Å². The highest BCUT2D eigenvalue weighted by molar-refractivity contribution is 9.10. The van der Waals surface area contributed by atoms with Crippen LogP contribution in [0.2, 0.25) is 0 Å². The summed E-state index contributed by atoms with van der Waals surface area (Å²) < 4.78 is 0.987. The van der Waals surface area contributed by atoms with Crippen molar-refractivity contribution in [3.8, 4) is 0 Å². The van der Waals surface area contributed by atoms with Crippen LogP contribution in [0.5, 0.6) is 0 Å². The monoisotopic (exact) mass is 242 g/mol. The van der Waals surface area contributed by atoms with E-state index in [1.54, 1.807) is 0 Å². The van der Waals surface area contributed by atoms with Crippen molar-refractivity contribution < 1.29 is 10.5 Å². The van der Waals surface area contributed by atoms with Crippen LogP contribution < -0.4 is 5.73 Å². The van der Waals surface area contributed by atoms with E-state index in [1.165, 1.54) is 0 Å². The number of halogens is 1. The van der Waals surface area contributed by atoms with Crippen LogP contribution in [0, 0.1) is 0 Å². The molecule has 1 aromatic rings. The zero-order valence-electron chi connectivity index (χ0n) is 7.59. The molecule has 0 aliphatic carbocycles. The Hall–Kier alpha value is -0.670. The first-order valence-electron chi connectivity index (χ1n) is 4.28. The maximum absolute atomic E-state index is 11.6. The van der Waals surface area contributed by atoms with Crippen molar-refractivity contribution in [1.82, 2.24) is 0 Å². The minimum Gasteiger partial charge on any atom is -0.349 e. The van der Waals surface area contributed by atoms with Crippen LogP contribution in [0.25, 0.3) is 0 Å². The average molecular weight is 243 g/mol. The first kappa shape index (κ1) is 10.4. The van der Waals surface area contributed by atoms with E-state index >= 15 is 0 Å². The molecule has 1 aromatic carbocycles. The number of carbonyl (C=O) groups excluding carboxylic acids is 1. The minimum atomic E-state index is -0.124. The SMILES string of the molecule is CC[C@H]([NH3+])C(=O)c1ccc(Br)cc1. The molecule has 0 saturated carbocycles. The van der Waals surface area contributed by atoms with Crippen molar-refractivity contribution in [2.45, 2.75) is 19.4 Å². The molecule has 0 heterocycles. The lowest BCUT2D eigenvalue weighted by Crippen LogP contribution is -2.64. The number of hydrogen-bond acceptors (Lipinski definition) is 1. The molecule has 0 amide bonds. The maximum atomic E-state index is 11.6. The van der Waals surface area contributed by atoms with Gasteiger partial charge in [-0.1, -0.05) is 35.0 Å². The minimum absolute atomic E-state index is 0.120. The van der Waals surface area contributed by atoms with Crippen LogP contribution in [0.15, 0.2) is 28.7 Å². The summed E-state index contributed by atoms with van der Waals surface area (Å²) in [5.74, 6) is 0.120. The summed E-state index contributed by atoms with van der Waals surface area (Å²) in [5, 5.41) is 0. The van der Waals surface area contributed by atoms with Crippen molar-refractivity contribution in [3.05, 3.63) is 34.3 Å². The summed E-state index contributed by atoms with van der Waals surface area (Å²) >= 11 is 3.32. The summed E-state index contributed by atoms with van der Waals surface area (Å²) in [5.41, 5.74) is 4.53. The quantitative estimate of drug-likeness (QED) is 0.806. The second-order valence-corrected chi connectivity index (χ2v) is 3.89. The Morgan fingerprint density at radius 2 is 2.00 bits per heavy atom. The van der Waals surface area contributed by atoms with E-state index in [-0.39, 0.29) is 11.8 Å². The number of ketones is 1. The molecule has 13 heavy (non-hydrogen) atoms. The lowest BCUT2D eigenvalue weighted by molar-refractivity contribution is -0.399. The Morgan fingerprint density at radius 1 is 1.46 bits per heavy atom. The van der Waals surface area contributed by atoms with E-state index in [0.29, 0.717) is 0 Å². The van der Waals surface area contributed by atoms with E-state index in [4.69, 9.17) is 0 Å². The molecule has 0 aliphatic rings. The van der Waals surface area contributed by atoms with Crippen molar-refractivity contribution in [3.63, 3.8) is 0 Å². The van der Waals surface area contributed by atoms with Gasteiger partial charge in [-0.25, -0.2) is 0 Å². The molecule has 0 spiro atoms. The third kappa shape index (κ3) is 2.64. The number of Topliss-reactive ketones (excluding diaryl/α,β-unsaturated/α-hetero) is 1. The van der Waals surface area contributed by atoms with Crippen LogP contribution in [0.1, 0.15) is 23.7 Å². The topological polar surface area (TPSA) is 44.7 Å². The second-order valence-electron chi connectivity index (χ2n) is 2.98. The molecule has 0 bridgehead atoms. The summed E-state index contributed by atoms with van der Waals surface area (Å²) in [6.45, 7) is 1.97. The van der Waals surface area contributed by atoms with Gasteiger partial charge in [-0.15, -0.1) is 0 Å². The summed E-state index contributed by atoms with van der Waals surface area (Å²) in [6.07, 6.45) is 0.787. The van der Waals surface area contributed by atoms with Crippen LogP contribution >= 0.6 is 15.9 Å². The Bertz CT molecular complexity index is 294. The molecule has 2 nitrogen and oxygen atoms in total. The van der Waals surface area contributed by atoms with E-state index in [9.17, 15) is 4.79 Å². The predicted molar refractivity (Wildman–Crippen MR) is 55.4 cm³/mol. The lowest BCUT2D eigenvalue weighted by Gasteiger charge is -2.03. The molecule has 3 N–H and O–H groups in total. The van der Waals surface area contributed by atoms with E-state index in [0.717, 1.165) is 16.5 Å². The van der Waals surface area contributed by atoms with E-state index < -0.39 is 0 Å². The van der Waals surface area contributed by atoms with Gasteiger partial charge in [0.05, 0.1) is 0 Å². The molecule has 0 radical (unpaired) electrons. The molecule has 0 aliphatic heterocycles. The summed E-state index contributed by atoms with van der Waals surface area (Å²) in [6, 6.07) is 7.26. The zero-order chi connectivity index (χ0) is 9.84. The highest BCUT2D eigenvalue weighted by atomic mass is 79.9. The second kappa shape index (κ2) is 4.53. The third-order valence-corrected chi connectivity index (χ3v) is 2.52. The lowest BCUT2D eigenvalue weighted by atomic mass is 10.0. The molecule has 0 aromatic heterocycles. The molecule has 0 unspecified atom stereocenters. The van der Waals surface area contributed by atoms with Gasteiger partial charge >= 0.3 is 0 Å². The fourth-order valence-electron chi connectivity index (χ4n) is 1.04. The fraction of sp³-hybridized carbons (Fsp3) is 0.300. The van der Waals surface area contributed by atoms with Gasteiger partial charge < -0.3 is 5.73 Å². The Balaban J connectivity index is 2.83. The van der Waals surface area contributed by atoms with Gasteiger partial charge in [0.25, 0.3) is 0 Å². The number of quaternary nitrogens is 1. The average Bonchev–Trinajstić information content (AvgIpc) is 2.17. The third-order valence-electron chi connectivity index (χ3n) is 1.99. The largest absolute Gasteiger partial charge is 0.349 e. The van der Waals surface area contributed by atoms with Gasteiger partial charge in [0.2, 0.25) is 5.78 Å². The molecule has 1 rings (SSSR count). The summed E-state index contributed by atoms with van der Waals surface area (Å²) in [7, 11) is 0. The van der Waals surface area contributed by atoms with Crippen LogP contribution in [-0.4, -0.2) is 11.8 Å². The molecule has 1 atom stereocenters. The van der Waals surface area contributed by atoms with Gasteiger partial charge in [-0.3, -0.25) is 4.79 Å². The molecule has 3 heteroatoms.